The average Bonchev–Trinajstić information content (AvgIpc) is 3.21. The predicted molar refractivity (Wildman–Crippen MR) is 124 cm³/mol. The van der Waals surface area contributed by atoms with Crippen molar-refractivity contribution in [2.45, 2.75) is 49.7 Å². The summed E-state index contributed by atoms with van der Waals surface area (Å²) in [6, 6.07) is 16.1. The molecule has 0 aliphatic carbocycles. The fourth-order valence-corrected chi connectivity index (χ4v) is 4.70. The van der Waals surface area contributed by atoms with Crippen molar-refractivity contribution in [2.24, 2.45) is 0 Å². The van der Waals surface area contributed by atoms with Gasteiger partial charge in [-0.25, -0.2) is 4.39 Å². The number of carbonyl (C=O) groups is 1. The normalized spacial score (nSPS) is 15.4. The molecular weight excluding hydrogens is 425 g/mol. The third kappa shape index (κ3) is 5.75. The molecule has 0 radical (unpaired) electrons. The summed E-state index contributed by atoms with van der Waals surface area (Å²) >= 11 is 1.36. The van der Waals surface area contributed by atoms with Gasteiger partial charge in [-0.2, -0.15) is 0 Å². The van der Waals surface area contributed by atoms with E-state index in [-0.39, 0.29) is 17.0 Å². The lowest BCUT2D eigenvalue weighted by molar-refractivity contribution is -0.120. The Balaban J connectivity index is 1.50. The van der Waals surface area contributed by atoms with Crippen LogP contribution in [0.3, 0.4) is 0 Å². The lowest BCUT2D eigenvalue weighted by atomic mass is 10.1. The van der Waals surface area contributed by atoms with E-state index < -0.39 is 0 Å². The van der Waals surface area contributed by atoms with Crippen LogP contribution in [0.15, 0.2) is 59.8 Å². The summed E-state index contributed by atoms with van der Waals surface area (Å²) in [6.45, 7) is 5.10. The largest absolute Gasteiger partial charge is 0.351 e. The maximum absolute atomic E-state index is 13.5. The van der Waals surface area contributed by atoms with Crippen LogP contribution in [0.25, 0.3) is 5.69 Å². The number of aromatic nitrogens is 3. The number of hydrogen-bond acceptors (Lipinski definition) is 5. The second kappa shape index (κ2) is 10.7. The van der Waals surface area contributed by atoms with Gasteiger partial charge >= 0.3 is 0 Å². The maximum Gasteiger partial charge on any atom is 0.233 e. The molecule has 1 aliphatic rings. The van der Waals surface area contributed by atoms with E-state index in [4.69, 9.17) is 0 Å². The van der Waals surface area contributed by atoms with E-state index in [1.165, 1.54) is 43.2 Å². The fraction of sp³-hybridized carbons (Fsp3) is 0.375. The molecule has 4 rings (SSSR count). The van der Waals surface area contributed by atoms with Crippen LogP contribution in [0.5, 0.6) is 0 Å². The predicted octanol–water partition coefficient (Wildman–Crippen LogP) is 4.19. The second-order valence-electron chi connectivity index (χ2n) is 8.01. The molecule has 8 heteroatoms. The van der Waals surface area contributed by atoms with Gasteiger partial charge in [-0.1, -0.05) is 48.5 Å². The highest BCUT2D eigenvalue weighted by Gasteiger charge is 2.22. The Bertz CT molecular complexity index is 1020. The number of amides is 1. The summed E-state index contributed by atoms with van der Waals surface area (Å²) in [6.07, 6.45) is 3.63. The zero-order chi connectivity index (χ0) is 22.3. The van der Waals surface area contributed by atoms with Crippen molar-refractivity contribution in [1.29, 1.82) is 0 Å². The molecule has 3 aromatic rings. The van der Waals surface area contributed by atoms with Crippen molar-refractivity contribution in [2.75, 3.05) is 13.1 Å². The van der Waals surface area contributed by atoms with Gasteiger partial charge in [0.2, 0.25) is 5.91 Å². The number of likely N-dealkylation sites (tertiary alicyclic amines) is 1. The molecule has 6 nitrogen and oxygen atoms in total. The molecule has 0 bridgehead atoms. The molecule has 1 fully saturated rings. The van der Waals surface area contributed by atoms with Crippen molar-refractivity contribution in [3.63, 3.8) is 0 Å². The highest BCUT2D eigenvalue weighted by atomic mass is 32.2. The van der Waals surface area contributed by atoms with E-state index in [9.17, 15) is 9.18 Å². The van der Waals surface area contributed by atoms with E-state index in [2.05, 4.69) is 20.4 Å². The molecule has 1 aromatic heterocycles. The first-order valence-electron chi connectivity index (χ1n) is 11.0. The smallest absolute Gasteiger partial charge is 0.233 e. The quantitative estimate of drug-likeness (QED) is 0.518. The number of thioether (sulfide) groups is 1. The van der Waals surface area contributed by atoms with Crippen LogP contribution in [0.1, 0.15) is 37.6 Å². The molecule has 1 atom stereocenters. The van der Waals surface area contributed by atoms with Crippen molar-refractivity contribution in [3.05, 3.63) is 71.8 Å². The van der Waals surface area contributed by atoms with Crippen LogP contribution in [-0.4, -0.2) is 43.9 Å². The Hall–Kier alpha value is -2.71. The highest BCUT2D eigenvalue weighted by molar-refractivity contribution is 8.00. The number of rotatable bonds is 8. The first-order chi connectivity index (χ1) is 15.6. The molecule has 2 aromatic carbocycles. The standard InChI is InChI=1S/C24H28FN5OS/c1-18(23(31)26-16-19-8-4-2-5-9-19)32-24-28-27-22(17-29-14-6-3-7-15-29)30(24)21-12-10-20(25)11-13-21/h2,4-5,8-13,18H,3,6-7,14-17H2,1H3,(H,26,31). The monoisotopic (exact) mass is 453 g/mol. The minimum Gasteiger partial charge on any atom is -0.351 e. The Morgan fingerprint density at radius 3 is 2.50 bits per heavy atom. The molecule has 168 valence electrons. The SMILES string of the molecule is CC(Sc1nnc(CN2CCCCC2)n1-c1ccc(F)cc1)C(=O)NCc1ccccc1. The summed E-state index contributed by atoms with van der Waals surface area (Å²) < 4.78 is 15.5. The van der Waals surface area contributed by atoms with Gasteiger partial charge in [-0.3, -0.25) is 14.3 Å². The molecule has 0 spiro atoms. The number of benzene rings is 2. The summed E-state index contributed by atoms with van der Waals surface area (Å²) in [5, 5.41) is 12.1. The van der Waals surface area contributed by atoms with Gasteiger partial charge in [0.1, 0.15) is 5.82 Å². The molecule has 0 saturated carbocycles. The van der Waals surface area contributed by atoms with Crippen LogP contribution in [0.4, 0.5) is 4.39 Å². The van der Waals surface area contributed by atoms with E-state index in [0.717, 1.165) is 30.2 Å². The van der Waals surface area contributed by atoms with Crippen molar-refractivity contribution in [1.82, 2.24) is 25.0 Å². The van der Waals surface area contributed by atoms with Gasteiger partial charge in [0, 0.05) is 12.2 Å². The van der Waals surface area contributed by atoms with E-state index in [0.29, 0.717) is 18.2 Å². The van der Waals surface area contributed by atoms with Gasteiger partial charge in [0.15, 0.2) is 11.0 Å². The number of nitrogens with one attached hydrogen (secondary N) is 1. The minimum atomic E-state index is -0.357. The van der Waals surface area contributed by atoms with Crippen LogP contribution in [0, 0.1) is 5.82 Å². The van der Waals surface area contributed by atoms with Crippen molar-refractivity contribution in [3.8, 4) is 5.69 Å². The van der Waals surface area contributed by atoms with Gasteiger partial charge in [0.25, 0.3) is 0 Å². The Kier molecular flexibility index (Phi) is 7.55. The first kappa shape index (κ1) is 22.5. The Labute approximate surface area is 192 Å². The van der Waals surface area contributed by atoms with Gasteiger partial charge < -0.3 is 5.32 Å². The molecule has 1 unspecified atom stereocenters. The van der Waals surface area contributed by atoms with Crippen LogP contribution in [0.2, 0.25) is 0 Å². The topological polar surface area (TPSA) is 63.1 Å². The fourth-order valence-electron chi connectivity index (χ4n) is 3.79. The summed E-state index contributed by atoms with van der Waals surface area (Å²) in [5.41, 5.74) is 1.85. The lowest BCUT2D eigenvalue weighted by Gasteiger charge is -2.26. The number of carbonyl (C=O) groups excluding carboxylic acids is 1. The van der Waals surface area contributed by atoms with E-state index in [1.807, 2.05) is 41.8 Å². The van der Waals surface area contributed by atoms with Crippen molar-refractivity contribution >= 4 is 17.7 Å². The minimum absolute atomic E-state index is 0.0647. The first-order valence-corrected chi connectivity index (χ1v) is 11.9. The van der Waals surface area contributed by atoms with Gasteiger partial charge in [-0.15, -0.1) is 10.2 Å². The summed E-state index contributed by atoms with van der Waals surface area (Å²) in [4.78, 5) is 15.1. The number of hydrogen-bond donors (Lipinski definition) is 1. The van der Waals surface area contributed by atoms with Gasteiger partial charge in [0.05, 0.1) is 11.8 Å². The second-order valence-corrected chi connectivity index (χ2v) is 9.32. The van der Waals surface area contributed by atoms with E-state index in [1.54, 1.807) is 12.1 Å². The third-order valence-electron chi connectivity index (χ3n) is 5.56. The van der Waals surface area contributed by atoms with E-state index >= 15 is 0 Å². The van der Waals surface area contributed by atoms with Crippen LogP contribution >= 0.6 is 11.8 Å². The molecule has 32 heavy (non-hydrogen) atoms. The maximum atomic E-state index is 13.5. The van der Waals surface area contributed by atoms with Crippen LogP contribution < -0.4 is 5.32 Å². The zero-order valence-electron chi connectivity index (χ0n) is 18.2. The third-order valence-corrected chi connectivity index (χ3v) is 6.60. The van der Waals surface area contributed by atoms with Crippen molar-refractivity contribution < 1.29 is 9.18 Å². The zero-order valence-corrected chi connectivity index (χ0v) is 19.0. The Morgan fingerprint density at radius 2 is 1.78 bits per heavy atom. The molecule has 1 amide bonds. The highest BCUT2D eigenvalue weighted by Crippen LogP contribution is 2.27. The lowest BCUT2D eigenvalue weighted by Crippen LogP contribution is -2.31. The summed E-state index contributed by atoms with van der Waals surface area (Å²) in [7, 11) is 0. The molecule has 1 aliphatic heterocycles. The number of halogens is 1. The Morgan fingerprint density at radius 1 is 1.06 bits per heavy atom. The number of nitrogens with zero attached hydrogens (tertiary/aromatic N) is 4. The van der Waals surface area contributed by atoms with Crippen LogP contribution in [-0.2, 0) is 17.9 Å². The van der Waals surface area contributed by atoms with Gasteiger partial charge in [-0.05, 0) is 62.7 Å². The number of piperidine rings is 1. The average molecular weight is 454 g/mol. The molecule has 1 saturated heterocycles. The molecular formula is C24H28FN5OS. The molecule has 1 N–H and O–H groups in total. The summed E-state index contributed by atoms with van der Waals surface area (Å²) in [5.74, 6) is 0.449. The molecule has 2 heterocycles.